The highest BCUT2D eigenvalue weighted by atomic mass is 16.4. The van der Waals surface area contributed by atoms with Crippen LogP contribution in [0, 0.1) is 0 Å². The van der Waals surface area contributed by atoms with Gasteiger partial charge in [-0.3, -0.25) is 0 Å². The van der Waals surface area contributed by atoms with Gasteiger partial charge in [-0.15, -0.1) is 6.58 Å². The van der Waals surface area contributed by atoms with Gasteiger partial charge >= 0.3 is 5.97 Å². The fourth-order valence-electron chi connectivity index (χ4n) is 0.544. The molecule has 70 valence electrons. The first-order chi connectivity index (χ1) is 6.20. The summed E-state index contributed by atoms with van der Waals surface area (Å²) in [5.74, 6) is -0.981. The number of rotatable bonds is 3. The number of aliphatic carboxylic acids is 1. The molecule has 0 saturated heterocycles. The Bertz CT molecular complexity index is 265. The smallest absolute Gasteiger partial charge is 0.327 e. The van der Waals surface area contributed by atoms with Crippen molar-refractivity contribution in [2.75, 3.05) is 0 Å². The summed E-state index contributed by atoms with van der Waals surface area (Å²) in [6.45, 7) is 7.39. The van der Waals surface area contributed by atoms with Crippen LogP contribution in [-0.2, 0) is 11.3 Å². The van der Waals surface area contributed by atoms with Crippen molar-refractivity contribution in [2.24, 2.45) is 0 Å². The third-order valence-corrected chi connectivity index (χ3v) is 1.07. The molecule has 0 atom stereocenters. The summed E-state index contributed by atoms with van der Waals surface area (Å²) in [6.07, 6.45) is 8.09. The number of aromatic nitrogens is 2. The first-order valence-corrected chi connectivity index (χ1v) is 3.62. The van der Waals surface area contributed by atoms with Gasteiger partial charge in [0.05, 0.1) is 6.33 Å². The van der Waals surface area contributed by atoms with E-state index in [-0.39, 0.29) is 0 Å². The number of allylic oxidation sites excluding steroid dienone is 1. The lowest BCUT2D eigenvalue weighted by Crippen LogP contribution is -1.87. The molecule has 0 aliphatic carbocycles. The van der Waals surface area contributed by atoms with E-state index in [4.69, 9.17) is 5.11 Å². The van der Waals surface area contributed by atoms with Crippen LogP contribution in [0.1, 0.15) is 0 Å². The summed E-state index contributed by atoms with van der Waals surface area (Å²) >= 11 is 0. The maximum atomic E-state index is 9.25. The van der Waals surface area contributed by atoms with Crippen LogP contribution in [0.3, 0.4) is 0 Å². The van der Waals surface area contributed by atoms with Gasteiger partial charge in [-0.25, -0.2) is 9.78 Å². The van der Waals surface area contributed by atoms with Crippen molar-refractivity contribution in [3.8, 4) is 0 Å². The van der Waals surface area contributed by atoms with Gasteiger partial charge in [0, 0.05) is 25.0 Å². The summed E-state index contributed by atoms with van der Waals surface area (Å²) in [5, 5.41) is 7.60. The summed E-state index contributed by atoms with van der Waals surface area (Å²) in [5.41, 5.74) is 0. The van der Waals surface area contributed by atoms with E-state index in [1.54, 1.807) is 12.5 Å². The minimum atomic E-state index is -0.981. The van der Waals surface area contributed by atoms with E-state index >= 15 is 0 Å². The first kappa shape index (κ1) is 11.2. The van der Waals surface area contributed by atoms with Crippen molar-refractivity contribution < 1.29 is 9.90 Å². The molecule has 0 spiro atoms. The van der Waals surface area contributed by atoms with Gasteiger partial charge in [-0.05, 0) is 0 Å². The highest BCUT2D eigenvalue weighted by molar-refractivity contribution is 5.78. The maximum absolute atomic E-state index is 9.25. The van der Waals surface area contributed by atoms with Crippen molar-refractivity contribution >= 4 is 5.97 Å². The standard InChI is InChI=1S/C6H8N2.C3H4O2/c1-2-4-8-5-3-7-6-8;1-2-3(4)5/h2-3,5-6H,1,4H2;2H,1H2,(H,4,5). The third kappa shape index (κ3) is 6.55. The Morgan fingerprint density at radius 1 is 1.62 bits per heavy atom. The molecule has 1 heterocycles. The van der Waals surface area contributed by atoms with Crippen LogP contribution in [0.15, 0.2) is 44.0 Å². The monoisotopic (exact) mass is 180 g/mol. The molecule has 0 radical (unpaired) electrons. The van der Waals surface area contributed by atoms with Gasteiger partial charge in [-0.2, -0.15) is 0 Å². The quantitative estimate of drug-likeness (QED) is 0.564. The van der Waals surface area contributed by atoms with Gasteiger partial charge in [0.15, 0.2) is 0 Å². The number of carboxylic acids is 1. The minimum Gasteiger partial charge on any atom is -0.478 e. The van der Waals surface area contributed by atoms with Gasteiger partial charge in [-0.1, -0.05) is 12.7 Å². The van der Waals surface area contributed by atoms with E-state index in [0.717, 1.165) is 12.6 Å². The topological polar surface area (TPSA) is 55.1 Å². The largest absolute Gasteiger partial charge is 0.478 e. The Morgan fingerprint density at radius 2 is 2.23 bits per heavy atom. The average Bonchev–Trinajstić information content (AvgIpc) is 2.59. The zero-order valence-electron chi connectivity index (χ0n) is 7.26. The van der Waals surface area contributed by atoms with Crippen LogP contribution < -0.4 is 0 Å². The number of hydrogen-bond donors (Lipinski definition) is 1. The molecular formula is C9H12N2O2. The van der Waals surface area contributed by atoms with Crippen LogP contribution in [0.5, 0.6) is 0 Å². The van der Waals surface area contributed by atoms with Gasteiger partial charge < -0.3 is 9.67 Å². The van der Waals surface area contributed by atoms with E-state index in [2.05, 4.69) is 18.1 Å². The van der Waals surface area contributed by atoms with Crippen molar-refractivity contribution in [2.45, 2.75) is 6.54 Å². The normalized spacial score (nSPS) is 8.00. The third-order valence-electron chi connectivity index (χ3n) is 1.07. The van der Waals surface area contributed by atoms with Crippen molar-refractivity contribution in [3.05, 3.63) is 44.0 Å². The average molecular weight is 180 g/mol. The number of nitrogens with zero attached hydrogens (tertiary/aromatic N) is 2. The molecule has 0 fully saturated rings. The number of imidazole rings is 1. The molecule has 0 aliphatic heterocycles. The fourth-order valence-corrected chi connectivity index (χ4v) is 0.544. The van der Waals surface area contributed by atoms with Crippen LogP contribution in [0.4, 0.5) is 0 Å². The Balaban J connectivity index is 0.000000252. The molecule has 4 nitrogen and oxygen atoms in total. The summed E-state index contributed by atoms with van der Waals surface area (Å²) in [4.78, 5) is 13.1. The molecule has 1 aromatic rings. The first-order valence-electron chi connectivity index (χ1n) is 3.62. The van der Waals surface area contributed by atoms with E-state index in [0.29, 0.717) is 0 Å². The fraction of sp³-hybridized carbons (Fsp3) is 0.111. The van der Waals surface area contributed by atoms with E-state index in [1.165, 1.54) is 0 Å². The van der Waals surface area contributed by atoms with Crippen molar-refractivity contribution in [1.82, 2.24) is 9.55 Å². The molecule has 0 unspecified atom stereocenters. The lowest BCUT2D eigenvalue weighted by Gasteiger charge is -1.89. The molecule has 0 aliphatic rings. The van der Waals surface area contributed by atoms with Crippen LogP contribution in [0.25, 0.3) is 0 Å². The molecule has 0 bridgehead atoms. The van der Waals surface area contributed by atoms with Gasteiger partial charge in [0.2, 0.25) is 0 Å². The molecule has 0 aromatic carbocycles. The highest BCUT2D eigenvalue weighted by Gasteiger charge is 1.79. The zero-order chi connectivity index (χ0) is 10.1. The molecule has 1 N–H and O–H groups in total. The Labute approximate surface area is 76.8 Å². The lowest BCUT2D eigenvalue weighted by molar-refractivity contribution is -0.131. The zero-order valence-corrected chi connectivity index (χ0v) is 7.26. The second-order valence-electron chi connectivity index (χ2n) is 2.09. The predicted octanol–water partition coefficient (Wildman–Crippen LogP) is 1.33. The molecule has 1 rings (SSSR count). The molecule has 13 heavy (non-hydrogen) atoms. The molecule has 0 amide bonds. The lowest BCUT2D eigenvalue weighted by atomic mass is 10.6. The van der Waals surface area contributed by atoms with Gasteiger partial charge in [0.1, 0.15) is 0 Å². The van der Waals surface area contributed by atoms with Crippen LogP contribution in [-0.4, -0.2) is 20.6 Å². The van der Waals surface area contributed by atoms with E-state index in [9.17, 15) is 4.79 Å². The molecule has 0 saturated carbocycles. The SMILES string of the molecule is C=CC(=O)O.C=CCn1ccnc1. The maximum Gasteiger partial charge on any atom is 0.327 e. The Morgan fingerprint density at radius 3 is 2.54 bits per heavy atom. The second-order valence-corrected chi connectivity index (χ2v) is 2.09. The van der Waals surface area contributed by atoms with E-state index in [1.807, 2.05) is 16.8 Å². The van der Waals surface area contributed by atoms with E-state index < -0.39 is 5.97 Å². The highest BCUT2D eigenvalue weighted by Crippen LogP contribution is 1.83. The molecular weight excluding hydrogens is 168 g/mol. The minimum absolute atomic E-state index is 0.833. The summed E-state index contributed by atoms with van der Waals surface area (Å²) in [7, 11) is 0. The Hall–Kier alpha value is -1.84. The summed E-state index contributed by atoms with van der Waals surface area (Å²) in [6, 6.07) is 0. The summed E-state index contributed by atoms with van der Waals surface area (Å²) < 4.78 is 1.95. The second kappa shape index (κ2) is 6.84. The van der Waals surface area contributed by atoms with Crippen LogP contribution in [0.2, 0.25) is 0 Å². The Kier molecular flexibility index (Phi) is 5.88. The number of carbonyl (C=O) groups is 1. The van der Waals surface area contributed by atoms with Crippen molar-refractivity contribution in [1.29, 1.82) is 0 Å². The van der Waals surface area contributed by atoms with Crippen molar-refractivity contribution in [3.63, 3.8) is 0 Å². The van der Waals surface area contributed by atoms with Crippen LogP contribution >= 0.6 is 0 Å². The molecule has 1 aromatic heterocycles. The number of hydrogen-bond acceptors (Lipinski definition) is 2. The van der Waals surface area contributed by atoms with Gasteiger partial charge in [0.25, 0.3) is 0 Å². The predicted molar refractivity (Wildman–Crippen MR) is 50.3 cm³/mol. The number of carboxylic acid groups (broad SMARTS) is 1. The molecule has 4 heteroatoms.